The molecule has 2 N–H and O–H groups in total. The number of rotatable bonds is 5. The number of hydrogen-bond acceptors (Lipinski definition) is 6. The second kappa shape index (κ2) is 9.06. The minimum atomic E-state index is 0.0486. The molecule has 32 heavy (non-hydrogen) atoms. The molecule has 6 nitrogen and oxygen atoms in total. The van der Waals surface area contributed by atoms with Gasteiger partial charge in [0.2, 0.25) is 5.95 Å². The maximum Gasteiger partial charge on any atom is 0.252 e. The predicted molar refractivity (Wildman–Crippen MR) is 132 cm³/mol. The number of fused-ring (bicyclic) bond motifs is 2. The fourth-order valence-corrected chi connectivity index (χ4v) is 5.93. The third kappa shape index (κ3) is 4.31. The number of carbonyl (C=O) groups is 1. The molecule has 168 valence electrons. The number of nitrogens with zero attached hydrogens (tertiary/aromatic N) is 3. The van der Waals surface area contributed by atoms with Crippen molar-refractivity contribution in [2.45, 2.75) is 63.5 Å². The monoisotopic (exact) mass is 449 g/mol. The summed E-state index contributed by atoms with van der Waals surface area (Å²) in [6, 6.07) is 8.68. The number of hydrogen-bond donors (Lipinski definition) is 2. The van der Waals surface area contributed by atoms with Crippen LogP contribution in [0.3, 0.4) is 0 Å². The van der Waals surface area contributed by atoms with Crippen molar-refractivity contribution in [3.8, 4) is 0 Å². The van der Waals surface area contributed by atoms with Gasteiger partial charge in [0.1, 0.15) is 5.82 Å². The molecule has 1 saturated carbocycles. The highest BCUT2D eigenvalue weighted by Crippen LogP contribution is 2.30. The van der Waals surface area contributed by atoms with E-state index in [1.165, 1.54) is 24.1 Å². The smallest absolute Gasteiger partial charge is 0.252 e. The van der Waals surface area contributed by atoms with E-state index in [1.54, 1.807) is 11.3 Å². The quantitative estimate of drug-likeness (QED) is 0.586. The number of aromatic nitrogens is 2. The molecule has 1 fully saturated rings. The summed E-state index contributed by atoms with van der Waals surface area (Å²) >= 11 is 1.63. The number of amides is 1. The second-order valence-corrected chi connectivity index (χ2v) is 10.1. The van der Waals surface area contributed by atoms with Gasteiger partial charge in [0.15, 0.2) is 0 Å². The van der Waals surface area contributed by atoms with Crippen LogP contribution in [0.4, 0.5) is 11.8 Å². The fourth-order valence-electron chi connectivity index (χ4n) is 4.99. The summed E-state index contributed by atoms with van der Waals surface area (Å²) in [4.78, 5) is 24.7. The molecule has 0 aliphatic heterocycles. The topological polar surface area (TPSA) is 70.2 Å². The van der Waals surface area contributed by atoms with Gasteiger partial charge in [-0.1, -0.05) is 18.2 Å². The van der Waals surface area contributed by atoms with E-state index in [0.29, 0.717) is 6.04 Å². The van der Waals surface area contributed by atoms with E-state index in [4.69, 9.17) is 9.97 Å². The van der Waals surface area contributed by atoms with E-state index in [1.807, 2.05) is 23.6 Å². The largest absolute Gasteiger partial charge is 0.362 e. The van der Waals surface area contributed by atoms with E-state index in [2.05, 4.69) is 35.7 Å². The lowest BCUT2D eigenvalue weighted by Gasteiger charge is -2.30. The van der Waals surface area contributed by atoms with Gasteiger partial charge >= 0.3 is 0 Å². The molecule has 1 amide bonds. The average molecular weight is 450 g/mol. The number of anilines is 2. The molecule has 2 aliphatic rings. The first-order chi connectivity index (χ1) is 15.6. The first-order valence-corrected chi connectivity index (χ1v) is 12.6. The first kappa shape index (κ1) is 21.2. The number of aryl methyl sites for hydroxylation is 1. The van der Waals surface area contributed by atoms with E-state index in [9.17, 15) is 4.79 Å². The lowest BCUT2D eigenvalue weighted by Crippen LogP contribution is -2.40. The Morgan fingerprint density at radius 3 is 2.59 bits per heavy atom. The van der Waals surface area contributed by atoms with Crippen LogP contribution in [0.15, 0.2) is 29.6 Å². The van der Waals surface area contributed by atoms with E-state index in [-0.39, 0.29) is 11.9 Å². The molecule has 7 heteroatoms. The van der Waals surface area contributed by atoms with Gasteiger partial charge in [-0.15, -0.1) is 11.3 Å². The van der Waals surface area contributed by atoms with Gasteiger partial charge in [0.25, 0.3) is 5.91 Å². The number of carbonyl (C=O) groups excluding carboxylic acids is 1. The van der Waals surface area contributed by atoms with Crippen LogP contribution in [0.25, 0.3) is 10.1 Å². The molecule has 2 aliphatic carbocycles. The lowest BCUT2D eigenvalue weighted by molar-refractivity contribution is 0.0928. The Kier molecular flexibility index (Phi) is 6.00. The Hall–Kier alpha value is -2.67. The summed E-state index contributed by atoms with van der Waals surface area (Å²) in [6.07, 6.45) is 8.51. The Morgan fingerprint density at radius 1 is 1.03 bits per heavy atom. The Labute approximate surface area is 193 Å². The van der Waals surface area contributed by atoms with Crippen LogP contribution in [-0.4, -0.2) is 42.1 Å². The summed E-state index contributed by atoms with van der Waals surface area (Å²) in [7, 11) is 4.12. The Morgan fingerprint density at radius 2 is 1.78 bits per heavy atom. The molecule has 2 aromatic heterocycles. The van der Waals surface area contributed by atoms with Gasteiger partial charge in [-0.05, 0) is 57.4 Å². The van der Waals surface area contributed by atoms with Crippen molar-refractivity contribution in [2.75, 3.05) is 24.3 Å². The molecule has 0 spiro atoms. The van der Waals surface area contributed by atoms with Crippen LogP contribution < -0.4 is 15.5 Å². The van der Waals surface area contributed by atoms with Gasteiger partial charge in [0, 0.05) is 47.2 Å². The molecule has 0 radical (unpaired) electrons. The van der Waals surface area contributed by atoms with E-state index in [0.717, 1.165) is 65.9 Å². The van der Waals surface area contributed by atoms with Crippen molar-refractivity contribution < 1.29 is 4.79 Å². The second-order valence-electron chi connectivity index (χ2n) is 9.21. The first-order valence-electron chi connectivity index (χ1n) is 11.7. The maximum atomic E-state index is 12.9. The number of thiophene rings is 1. The van der Waals surface area contributed by atoms with Crippen molar-refractivity contribution in [3.63, 3.8) is 0 Å². The van der Waals surface area contributed by atoms with Gasteiger partial charge in [0.05, 0.1) is 11.3 Å². The highest BCUT2D eigenvalue weighted by Gasteiger charge is 2.25. The van der Waals surface area contributed by atoms with Crippen LogP contribution >= 0.6 is 11.3 Å². The molecule has 0 atom stereocenters. The third-order valence-corrected chi connectivity index (χ3v) is 7.67. The number of benzene rings is 1. The highest BCUT2D eigenvalue weighted by molar-refractivity contribution is 7.17. The zero-order valence-electron chi connectivity index (χ0n) is 18.9. The summed E-state index contributed by atoms with van der Waals surface area (Å²) in [5.41, 5.74) is 3.32. The van der Waals surface area contributed by atoms with Crippen LogP contribution in [0.5, 0.6) is 0 Å². The van der Waals surface area contributed by atoms with E-state index < -0.39 is 0 Å². The molecular formula is C25H31N5OS. The molecule has 0 saturated heterocycles. The molecule has 1 aromatic carbocycles. The van der Waals surface area contributed by atoms with E-state index >= 15 is 0 Å². The van der Waals surface area contributed by atoms with Gasteiger partial charge in [-0.3, -0.25) is 4.79 Å². The zero-order valence-corrected chi connectivity index (χ0v) is 19.7. The molecule has 0 bridgehead atoms. The SMILES string of the molecule is CN(C)c1nc(N[C@H]2CC[C@@H](NC(=O)c3csc4ccccc34)CC2)nc2c1CCCC2. The molecule has 5 rings (SSSR count). The standard InChI is InChI=1S/C25H31N5OS/c1-30(2)23-19-8-3-5-9-21(19)28-25(29-23)27-17-13-11-16(12-14-17)26-24(31)20-15-32-22-10-6-4-7-18(20)22/h4,6-7,10,15-17H,3,5,8-9,11-14H2,1-2H3,(H,26,31)(H,27,28,29)/t16-,17+. The summed E-state index contributed by atoms with van der Waals surface area (Å²) in [6.45, 7) is 0. The molecule has 2 heterocycles. The Balaban J connectivity index is 1.20. The van der Waals surface area contributed by atoms with Crippen LogP contribution in [-0.2, 0) is 12.8 Å². The van der Waals surface area contributed by atoms with Gasteiger partial charge in [-0.2, -0.15) is 4.98 Å². The molecule has 3 aromatic rings. The molecular weight excluding hydrogens is 418 g/mol. The summed E-state index contributed by atoms with van der Waals surface area (Å²) in [5.74, 6) is 1.86. The van der Waals surface area contributed by atoms with Crippen molar-refractivity contribution in [2.24, 2.45) is 0 Å². The summed E-state index contributed by atoms with van der Waals surface area (Å²) in [5, 5.41) is 9.88. The zero-order chi connectivity index (χ0) is 22.1. The van der Waals surface area contributed by atoms with Crippen molar-refractivity contribution in [3.05, 3.63) is 46.5 Å². The van der Waals surface area contributed by atoms with Crippen LogP contribution in [0.1, 0.15) is 60.1 Å². The normalized spacial score (nSPS) is 20.6. The predicted octanol–water partition coefficient (Wildman–Crippen LogP) is 4.79. The summed E-state index contributed by atoms with van der Waals surface area (Å²) < 4.78 is 1.16. The fraction of sp³-hybridized carbons (Fsp3) is 0.480. The van der Waals surface area contributed by atoms with Crippen molar-refractivity contribution >= 4 is 39.1 Å². The Bertz CT molecular complexity index is 1120. The minimum absolute atomic E-state index is 0.0486. The van der Waals surface area contributed by atoms with Crippen molar-refractivity contribution in [1.29, 1.82) is 0 Å². The average Bonchev–Trinajstić information content (AvgIpc) is 3.24. The van der Waals surface area contributed by atoms with Crippen molar-refractivity contribution in [1.82, 2.24) is 15.3 Å². The lowest BCUT2D eigenvalue weighted by atomic mass is 9.91. The van der Waals surface area contributed by atoms with Gasteiger partial charge < -0.3 is 15.5 Å². The number of nitrogens with one attached hydrogen (secondary N) is 2. The maximum absolute atomic E-state index is 12.9. The highest BCUT2D eigenvalue weighted by atomic mass is 32.1. The minimum Gasteiger partial charge on any atom is -0.362 e. The molecule has 0 unspecified atom stereocenters. The third-order valence-electron chi connectivity index (χ3n) is 6.71. The van der Waals surface area contributed by atoms with Gasteiger partial charge in [-0.25, -0.2) is 4.98 Å². The van der Waals surface area contributed by atoms with Crippen LogP contribution in [0.2, 0.25) is 0 Å². The van der Waals surface area contributed by atoms with Crippen LogP contribution in [0, 0.1) is 0 Å².